The van der Waals surface area contributed by atoms with Crippen molar-refractivity contribution in [1.29, 1.82) is 0 Å². The Labute approximate surface area is 182 Å². The number of hydrogen-bond acceptors (Lipinski definition) is 6. The van der Waals surface area contributed by atoms with Gasteiger partial charge in [0.25, 0.3) is 0 Å². The van der Waals surface area contributed by atoms with Crippen molar-refractivity contribution in [2.24, 2.45) is 11.1 Å². The molecule has 1 N–H and O–H groups in total. The van der Waals surface area contributed by atoms with Crippen LogP contribution >= 0.6 is 15.9 Å². The number of rotatable bonds is 5. The van der Waals surface area contributed by atoms with Gasteiger partial charge in [0.15, 0.2) is 6.10 Å². The van der Waals surface area contributed by atoms with Crippen molar-refractivity contribution in [3.05, 3.63) is 42.1 Å². The second-order valence-electron chi connectivity index (χ2n) is 7.74. The van der Waals surface area contributed by atoms with E-state index in [0.717, 1.165) is 21.1 Å². The molecular formula is C21H23BrN4O4. The van der Waals surface area contributed by atoms with Gasteiger partial charge in [-0.05, 0) is 40.4 Å². The minimum absolute atomic E-state index is 0.108. The van der Waals surface area contributed by atoms with E-state index in [1.54, 1.807) is 6.20 Å². The molecule has 9 heteroatoms. The Morgan fingerprint density at radius 3 is 3.00 bits per heavy atom. The lowest BCUT2D eigenvalue weighted by Gasteiger charge is -2.23. The van der Waals surface area contributed by atoms with Crippen molar-refractivity contribution >= 4 is 43.5 Å². The van der Waals surface area contributed by atoms with Gasteiger partial charge in [-0.2, -0.15) is 0 Å². The largest absolute Gasteiger partial charge is 0.444 e. The van der Waals surface area contributed by atoms with E-state index in [-0.39, 0.29) is 24.5 Å². The van der Waals surface area contributed by atoms with E-state index >= 15 is 0 Å². The summed E-state index contributed by atoms with van der Waals surface area (Å²) in [5.41, 5.74) is 1.70. The van der Waals surface area contributed by atoms with Crippen molar-refractivity contribution in [2.45, 2.75) is 38.5 Å². The quantitative estimate of drug-likeness (QED) is 0.717. The molecule has 4 rings (SSSR count). The van der Waals surface area contributed by atoms with Crippen LogP contribution in [-0.4, -0.2) is 51.7 Å². The van der Waals surface area contributed by atoms with Crippen LogP contribution in [0.4, 0.5) is 4.79 Å². The molecule has 0 saturated carbocycles. The molecule has 0 aliphatic carbocycles. The lowest BCUT2D eigenvalue weighted by atomic mass is 10.1. The first-order valence-electron chi connectivity index (χ1n) is 9.92. The van der Waals surface area contributed by atoms with Gasteiger partial charge < -0.3 is 14.9 Å². The minimum Gasteiger partial charge on any atom is -0.444 e. The van der Waals surface area contributed by atoms with Crippen LogP contribution in [0.2, 0.25) is 0 Å². The van der Waals surface area contributed by atoms with Gasteiger partial charge in [0.1, 0.15) is 17.3 Å². The number of carbonyl (C=O) groups excluding carboxylic acids is 2. The number of nitrogens with one attached hydrogen (secondary N) is 1. The van der Waals surface area contributed by atoms with E-state index in [1.807, 2.05) is 37.3 Å². The third kappa shape index (κ3) is 4.72. The normalized spacial score (nSPS) is 23.2. The molecule has 0 radical (unpaired) electrons. The number of oxime groups is 1. The molecule has 2 aliphatic heterocycles. The number of likely N-dealkylation sites (tertiary alicyclic amines) is 1. The zero-order chi connectivity index (χ0) is 21.1. The zero-order valence-corrected chi connectivity index (χ0v) is 18.2. The molecule has 1 aromatic carbocycles. The maximum absolute atomic E-state index is 12.7. The van der Waals surface area contributed by atoms with E-state index in [1.165, 1.54) is 4.90 Å². The van der Waals surface area contributed by atoms with Crippen molar-refractivity contribution in [3.8, 4) is 0 Å². The summed E-state index contributed by atoms with van der Waals surface area (Å²) in [5, 5.41) is 7.67. The molecule has 8 nitrogen and oxygen atoms in total. The number of carbonyl (C=O) groups is 2. The van der Waals surface area contributed by atoms with Gasteiger partial charge in [0.2, 0.25) is 5.91 Å². The summed E-state index contributed by atoms with van der Waals surface area (Å²) in [5.74, 6) is 0.0196. The number of halogens is 1. The molecule has 158 valence electrons. The molecule has 2 aliphatic rings. The number of para-hydroxylation sites is 1. The summed E-state index contributed by atoms with van der Waals surface area (Å²) in [4.78, 5) is 36.5. The van der Waals surface area contributed by atoms with E-state index in [4.69, 9.17) is 9.57 Å². The Hall–Kier alpha value is -2.68. The molecule has 2 amide bonds. The monoisotopic (exact) mass is 474 g/mol. The second-order valence-corrected chi connectivity index (χ2v) is 8.66. The first-order valence-corrected chi connectivity index (χ1v) is 10.7. The Balaban J connectivity index is 1.33. The number of hydrogen-bond donors (Lipinski definition) is 1. The van der Waals surface area contributed by atoms with Crippen molar-refractivity contribution in [1.82, 2.24) is 15.2 Å². The van der Waals surface area contributed by atoms with Gasteiger partial charge in [-0.3, -0.25) is 14.7 Å². The van der Waals surface area contributed by atoms with Gasteiger partial charge >= 0.3 is 6.09 Å². The molecule has 30 heavy (non-hydrogen) atoms. The smallest absolute Gasteiger partial charge is 0.410 e. The van der Waals surface area contributed by atoms with Crippen LogP contribution in [0.15, 0.2) is 41.7 Å². The van der Waals surface area contributed by atoms with E-state index in [2.05, 4.69) is 31.4 Å². The van der Waals surface area contributed by atoms with Crippen molar-refractivity contribution in [3.63, 3.8) is 0 Å². The van der Waals surface area contributed by atoms with E-state index < -0.39 is 12.1 Å². The summed E-state index contributed by atoms with van der Waals surface area (Å²) in [6.45, 7) is 2.96. The fourth-order valence-corrected chi connectivity index (χ4v) is 4.20. The van der Waals surface area contributed by atoms with E-state index in [9.17, 15) is 9.59 Å². The Kier molecular flexibility index (Phi) is 6.17. The fraction of sp³-hybridized carbons (Fsp3) is 0.429. The fourth-order valence-electron chi connectivity index (χ4n) is 3.76. The summed E-state index contributed by atoms with van der Waals surface area (Å²) >= 11 is 3.28. The topological polar surface area (TPSA) is 93.1 Å². The average Bonchev–Trinajstić information content (AvgIpc) is 3.35. The number of ether oxygens (including phenoxy) is 1. The molecule has 1 aromatic heterocycles. The minimum atomic E-state index is -0.548. The number of amides is 2. The first-order chi connectivity index (χ1) is 14.5. The van der Waals surface area contributed by atoms with Crippen LogP contribution in [0.5, 0.6) is 0 Å². The number of pyridine rings is 1. The highest BCUT2D eigenvalue weighted by molar-refractivity contribution is 9.18. The predicted molar refractivity (Wildman–Crippen MR) is 115 cm³/mol. The lowest BCUT2D eigenvalue weighted by molar-refractivity contribution is -0.125. The molecule has 3 atom stereocenters. The third-order valence-corrected chi connectivity index (χ3v) is 5.73. The van der Waals surface area contributed by atoms with Gasteiger partial charge in [0, 0.05) is 30.1 Å². The zero-order valence-electron chi connectivity index (χ0n) is 16.6. The number of fused-ring (bicyclic) bond motifs is 1. The highest BCUT2D eigenvalue weighted by Crippen LogP contribution is 2.24. The highest BCUT2D eigenvalue weighted by atomic mass is 79.9. The summed E-state index contributed by atoms with van der Waals surface area (Å²) < 4.78 is 6.23. The van der Waals surface area contributed by atoms with Gasteiger partial charge in [-0.25, -0.2) is 4.79 Å². The summed E-state index contributed by atoms with van der Waals surface area (Å²) in [7, 11) is 0. The molecule has 2 aromatic rings. The summed E-state index contributed by atoms with van der Waals surface area (Å²) in [6, 6.07) is 9.17. The maximum atomic E-state index is 12.7. The number of nitrogens with zero attached hydrogens (tertiary/aromatic N) is 3. The predicted octanol–water partition coefficient (Wildman–Crippen LogP) is 3.20. The van der Waals surface area contributed by atoms with Crippen molar-refractivity contribution in [2.75, 3.05) is 13.1 Å². The molecule has 0 spiro atoms. The first kappa shape index (κ1) is 20.6. The maximum Gasteiger partial charge on any atom is 0.410 e. The lowest BCUT2D eigenvalue weighted by Crippen LogP contribution is -2.47. The Morgan fingerprint density at radius 1 is 1.37 bits per heavy atom. The Morgan fingerprint density at radius 2 is 2.20 bits per heavy atom. The second kappa shape index (κ2) is 8.99. The molecule has 3 unspecified atom stereocenters. The van der Waals surface area contributed by atoms with Crippen LogP contribution in [0.1, 0.15) is 25.3 Å². The molecular weight excluding hydrogens is 452 g/mol. The molecule has 0 bridgehead atoms. The molecule has 1 fully saturated rings. The van der Waals surface area contributed by atoms with Gasteiger partial charge in [0.05, 0.1) is 12.1 Å². The Bertz CT molecular complexity index is 982. The number of aromatic nitrogens is 1. The van der Waals surface area contributed by atoms with Crippen LogP contribution in [-0.2, 0) is 21.0 Å². The van der Waals surface area contributed by atoms with Crippen LogP contribution in [0.3, 0.4) is 0 Å². The van der Waals surface area contributed by atoms with Gasteiger partial charge in [-0.1, -0.05) is 30.3 Å². The standard InChI is InChI=1S/C21H23BrN4O4/c1-13-6-18(20(27)24-10-16-8-19(22)25-30-16)26(11-13)21(28)29-12-14-7-15-4-2-3-5-17(15)23-9-14/h2-5,7,9,13,16,18H,6,8,10-12H2,1H3,(H,24,27). The molecule has 1 saturated heterocycles. The SMILES string of the molecule is CC1CC(C(=O)NCC2CC(Br)=NO2)N(C(=O)OCc2cnc3ccccc3c2)C1. The van der Waals surface area contributed by atoms with Crippen molar-refractivity contribution < 1.29 is 19.2 Å². The molecule has 3 heterocycles. The van der Waals surface area contributed by atoms with Crippen LogP contribution < -0.4 is 5.32 Å². The van der Waals surface area contributed by atoms with E-state index in [0.29, 0.717) is 25.9 Å². The summed E-state index contributed by atoms with van der Waals surface area (Å²) in [6.07, 6.45) is 2.24. The third-order valence-electron chi connectivity index (χ3n) is 5.26. The highest BCUT2D eigenvalue weighted by Gasteiger charge is 2.39. The average molecular weight is 475 g/mol. The van der Waals surface area contributed by atoms with Crippen LogP contribution in [0.25, 0.3) is 10.9 Å². The number of benzene rings is 1. The van der Waals surface area contributed by atoms with Gasteiger partial charge in [-0.15, -0.1) is 0 Å². The van der Waals surface area contributed by atoms with Crippen LogP contribution in [0, 0.1) is 5.92 Å².